The van der Waals surface area contributed by atoms with E-state index in [1.54, 1.807) is 0 Å². The van der Waals surface area contributed by atoms with Crippen molar-refractivity contribution in [2.75, 3.05) is 0 Å². The van der Waals surface area contributed by atoms with E-state index in [1.165, 1.54) is 55.3 Å². The lowest BCUT2D eigenvalue weighted by molar-refractivity contribution is 0.661. The summed E-state index contributed by atoms with van der Waals surface area (Å²) in [6.45, 7) is 4.72. The van der Waals surface area contributed by atoms with Crippen LogP contribution in [0.4, 0.5) is 0 Å². The fraction of sp³-hybridized carbons (Fsp3) is 0.100. The molecule has 0 fully saturated rings. The van der Waals surface area contributed by atoms with Gasteiger partial charge in [-0.15, -0.1) is 0 Å². The molecular weight excluding hydrogens is 510 g/mol. The van der Waals surface area contributed by atoms with Gasteiger partial charge >= 0.3 is 0 Å². The van der Waals surface area contributed by atoms with Crippen molar-refractivity contribution in [1.82, 2.24) is 4.57 Å². The Morgan fingerprint density at radius 3 is 2.38 bits per heavy atom. The second kappa shape index (κ2) is 8.47. The minimum atomic E-state index is -0.0565. The number of nitrogens with zero attached hydrogens (tertiary/aromatic N) is 1. The van der Waals surface area contributed by atoms with Gasteiger partial charge in [0.05, 0.1) is 11.0 Å². The van der Waals surface area contributed by atoms with Crippen molar-refractivity contribution in [1.29, 1.82) is 0 Å². The van der Waals surface area contributed by atoms with Crippen LogP contribution in [-0.2, 0) is 5.41 Å². The van der Waals surface area contributed by atoms with Crippen LogP contribution < -0.4 is 0 Å². The molecule has 0 N–H and O–H groups in total. The summed E-state index contributed by atoms with van der Waals surface area (Å²) in [5, 5.41) is 4.88. The van der Waals surface area contributed by atoms with Gasteiger partial charge in [-0.2, -0.15) is 0 Å². The monoisotopic (exact) mass is 539 g/mol. The van der Waals surface area contributed by atoms with Gasteiger partial charge in [-0.3, -0.25) is 0 Å². The molecular formula is C40H29NO. The van der Waals surface area contributed by atoms with Gasteiger partial charge in [-0.25, -0.2) is 0 Å². The summed E-state index contributed by atoms with van der Waals surface area (Å²) in [5.41, 5.74) is 13.4. The predicted octanol–water partition coefficient (Wildman–Crippen LogP) is 11.0. The molecule has 0 saturated heterocycles. The van der Waals surface area contributed by atoms with Crippen LogP contribution in [0, 0.1) is 0 Å². The molecule has 200 valence electrons. The number of hydrogen-bond acceptors (Lipinski definition) is 1. The smallest absolute Gasteiger partial charge is 0.143 e. The normalized spacial score (nSPS) is 15.4. The summed E-state index contributed by atoms with van der Waals surface area (Å²) < 4.78 is 8.92. The van der Waals surface area contributed by atoms with Gasteiger partial charge in [0, 0.05) is 44.6 Å². The Morgan fingerprint density at radius 2 is 1.43 bits per heavy atom. The molecule has 0 aliphatic heterocycles. The Bertz CT molecular complexity index is 2350. The van der Waals surface area contributed by atoms with Gasteiger partial charge in [0.15, 0.2) is 0 Å². The van der Waals surface area contributed by atoms with E-state index in [9.17, 15) is 0 Å². The first kappa shape index (κ1) is 23.6. The molecule has 9 rings (SSSR count). The largest absolute Gasteiger partial charge is 0.455 e. The topological polar surface area (TPSA) is 18.1 Å². The van der Waals surface area contributed by atoms with Gasteiger partial charge < -0.3 is 8.98 Å². The van der Waals surface area contributed by atoms with E-state index >= 15 is 0 Å². The minimum absolute atomic E-state index is 0.0565. The van der Waals surface area contributed by atoms with Gasteiger partial charge in [0.2, 0.25) is 0 Å². The standard InChI is InChI=1S/C40H29NO/c1-40(2)34-18-9-7-14-28(34)31-24-37-33(23-35(31)40)32-22-25(20-21-36(32)41(37)26-12-5-3-4-6-13-26)27-16-11-17-30-29-15-8-10-19-38(29)42-39(27)30/h3-12,14-24H,13H2,1-2H3. The fourth-order valence-electron chi connectivity index (χ4n) is 7.40. The molecule has 0 saturated carbocycles. The summed E-state index contributed by atoms with van der Waals surface area (Å²) in [7, 11) is 0. The van der Waals surface area contributed by atoms with Crippen molar-refractivity contribution in [2.24, 2.45) is 0 Å². The van der Waals surface area contributed by atoms with Crippen LogP contribution >= 0.6 is 0 Å². The van der Waals surface area contributed by atoms with E-state index in [0.717, 1.165) is 33.9 Å². The summed E-state index contributed by atoms with van der Waals surface area (Å²) >= 11 is 0. The lowest BCUT2D eigenvalue weighted by Gasteiger charge is -2.21. The van der Waals surface area contributed by atoms with Crippen molar-refractivity contribution in [3.63, 3.8) is 0 Å². The molecule has 2 nitrogen and oxygen atoms in total. The molecule has 2 heteroatoms. The fourth-order valence-corrected chi connectivity index (χ4v) is 7.40. The van der Waals surface area contributed by atoms with Crippen molar-refractivity contribution in [3.8, 4) is 22.3 Å². The third kappa shape index (κ3) is 3.15. The highest BCUT2D eigenvalue weighted by atomic mass is 16.3. The zero-order valence-corrected chi connectivity index (χ0v) is 23.7. The quantitative estimate of drug-likeness (QED) is 0.214. The second-order valence-corrected chi connectivity index (χ2v) is 12.1. The van der Waals surface area contributed by atoms with Crippen LogP contribution in [-0.4, -0.2) is 4.57 Å². The summed E-state index contributed by atoms with van der Waals surface area (Å²) in [6.07, 6.45) is 11.8. The third-order valence-electron chi connectivity index (χ3n) is 9.44. The summed E-state index contributed by atoms with van der Waals surface area (Å²) in [5.74, 6) is 0. The molecule has 2 heterocycles. The molecule has 0 atom stereocenters. The lowest BCUT2D eigenvalue weighted by Crippen LogP contribution is -2.14. The Balaban J connectivity index is 1.36. The van der Waals surface area contributed by atoms with Gasteiger partial charge in [0.1, 0.15) is 11.2 Å². The van der Waals surface area contributed by atoms with Crippen LogP contribution in [0.2, 0.25) is 0 Å². The van der Waals surface area contributed by atoms with Crippen LogP contribution in [0.25, 0.3) is 71.7 Å². The Labute approximate surface area is 244 Å². The van der Waals surface area contributed by atoms with Crippen LogP contribution in [0.1, 0.15) is 31.4 Å². The molecule has 2 aliphatic rings. The highest BCUT2D eigenvalue weighted by molar-refractivity contribution is 6.15. The summed E-state index contributed by atoms with van der Waals surface area (Å²) in [6, 6.07) is 35.6. The third-order valence-corrected chi connectivity index (χ3v) is 9.44. The number of furan rings is 1. The molecule has 0 bridgehead atoms. The average Bonchev–Trinajstić information content (AvgIpc) is 3.52. The first-order valence-corrected chi connectivity index (χ1v) is 14.8. The molecule has 0 radical (unpaired) electrons. The van der Waals surface area contributed by atoms with E-state index in [0.29, 0.717) is 0 Å². The molecule has 2 aromatic heterocycles. The second-order valence-electron chi connectivity index (χ2n) is 12.1. The molecule has 2 aliphatic carbocycles. The molecule has 0 spiro atoms. The average molecular weight is 540 g/mol. The van der Waals surface area contributed by atoms with Crippen LogP contribution in [0.5, 0.6) is 0 Å². The Kier molecular flexibility index (Phi) is 4.76. The molecule has 5 aromatic carbocycles. The maximum absolute atomic E-state index is 6.45. The number of hydrogen-bond donors (Lipinski definition) is 0. The van der Waals surface area contributed by atoms with E-state index < -0.39 is 0 Å². The molecule has 7 aromatic rings. The Morgan fingerprint density at radius 1 is 0.619 bits per heavy atom. The first-order valence-electron chi connectivity index (χ1n) is 14.8. The van der Waals surface area contributed by atoms with E-state index in [4.69, 9.17) is 4.42 Å². The van der Waals surface area contributed by atoms with Crippen molar-refractivity contribution >= 4 is 49.4 Å². The lowest BCUT2D eigenvalue weighted by atomic mass is 9.82. The van der Waals surface area contributed by atoms with E-state index in [1.807, 2.05) is 6.07 Å². The number of benzene rings is 5. The predicted molar refractivity (Wildman–Crippen MR) is 177 cm³/mol. The van der Waals surface area contributed by atoms with E-state index in [2.05, 4.69) is 140 Å². The maximum Gasteiger partial charge on any atom is 0.143 e. The Hall–Kier alpha value is -5.08. The SMILES string of the molecule is CC1(C)c2ccccc2-c2cc3c(cc21)c1cc(-c2cccc4c2oc2ccccc24)ccc1n3C1=CC=CC=CC1. The maximum atomic E-state index is 6.45. The number of fused-ring (bicyclic) bond motifs is 9. The highest BCUT2D eigenvalue weighted by Gasteiger charge is 2.36. The van der Waals surface area contributed by atoms with E-state index in [-0.39, 0.29) is 5.41 Å². The number of para-hydroxylation sites is 2. The van der Waals surface area contributed by atoms with Crippen molar-refractivity contribution < 1.29 is 4.42 Å². The summed E-state index contributed by atoms with van der Waals surface area (Å²) in [4.78, 5) is 0. The number of rotatable bonds is 2. The number of aromatic nitrogens is 1. The minimum Gasteiger partial charge on any atom is -0.455 e. The zero-order valence-electron chi connectivity index (χ0n) is 23.7. The van der Waals surface area contributed by atoms with Crippen molar-refractivity contribution in [3.05, 3.63) is 139 Å². The number of allylic oxidation sites excluding steroid dienone is 6. The van der Waals surface area contributed by atoms with Crippen molar-refractivity contribution in [2.45, 2.75) is 25.7 Å². The highest BCUT2D eigenvalue weighted by Crippen LogP contribution is 2.51. The molecule has 0 unspecified atom stereocenters. The van der Waals surface area contributed by atoms with Crippen LogP contribution in [0.3, 0.4) is 0 Å². The van der Waals surface area contributed by atoms with Gasteiger partial charge in [-0.1, -0.05) is 105 Å². The first-order chi connectivity index (χ1) is 20.6. The van der Waals surface area contributed by atoms with Gasteiger partial charge in [-0.05, 0) is 64.2 Å². The van der Waals surface area contributed by atoms with Crippen LogP contribution in [0.15, 0.2) is 132 Å². The van der Waals surface area contributed by atoms with Gasteiger partial charge in [0.25, 0.3) is 0 Å². The molecule has 0 amide bonds. The zero-order chi connectivity index (χ0) is 28.0. The molecule has 42 heavy (non-hydrogen) atoms.